The molecule has 0 bridgehead atoms. The molecule has 120 valence electrons. The Morgan fingerprint density at radius 2 is 1.61 bits per heavy atom. The van der Waals surface area contributed by atoms with E-state index in [4.69, 9.17) is 5.10 Å². The van der Waals surface area contributed by atoms with Gasteiger partial charge in [-0.3, -0.25) is 5.01 Å². The van der Waals surface area contributed by atoms with Crippen molar-refractivity contribution in [2.24, 2.45) is 5.10 Å². The maximum Gasteiger partial charge on any atom is 0.0913 e. The molecule has 1 aliphatic rings. The smallest absolute Gasteiger partial charge is 0.0913 e. The molecule has 3 heteroatoms. The topological polar surface area (TPSA) is 15.4 Å². The molecular weight excluding hydrogens is 296 g/mol. The van der Waals surface area contributed by atoms with E-state index in [1.165, 1.54) is 22.9 Å². The van der Waals surface area contributed by atoms with Gasteiger partial charge >= 0.3 is 0 Å². The molecule has 0 N–H and O–H groups in total. The second kappa shape index (κ2) is 6.71. The summed E-state index contributed by atoms with van der Waals surface area (Å²) in [5, 5.41) is 7.22. The average Bonchev–Trinajstić information content (AvgIpc) is 3.31. The minimum atomic E-state index is -1.06. The van der Waals surface area contributed by atoms with Crippen molar-refractivity contribution < 1.29 is 0 Å². The third-order valence-electron chi connectivity index (χ3n) is 4.24. The van der Waals surface area contributed by atoms with Crippen molar-refractivity contribution in [2.45, 2.75) is 38.1 Å². The summed E-state index contributed by atoms with van der Waals surface area (Å²) >= 11 is 0. The number of rotatable bonds is 6. The minimum absolute atomic E-state index is 0.460. The first-order valence-electron chi connectivity index (χ1n) is 8.47. The lowest BCUT2D eigenvalue weighted by Gasteiger charge is -2.16. The van der Waals surface area contributed by atoms with Crippen LogP contribution < -0.4 is 0 Å². The average molecular weight is 323 g/mol. The predicted octanol–water partition coefficient (Wildman–Crippen LogP) is 5.18. The van der Waals surface area contributed by atoms with Crippen LogP contribution in [0.1, 0.15) is 23.6 Å². The van der Waals surface area contributed by atoms with Gasteiger partial charge in [0.2, 0.25) is 0 Å². The summed E-state index contributed by atoms with van der Waals surface area (Å²) in [5.41, 5.74) is 3.88. The molecule has 23 heavy (non-hydrogen) atoms. The van der Waals surface area contributed by atoms with E-state index in [-0.39, 0.29) is 0 Å². The molecule has 0 amide bonds. The fourth-order valence-corrected chi connectivity index (χ4v) is 3.71. The summed E-state index contributed by atoms with van der Waals surface area (Å²) in [7, 11) is -1.06. The van der Waals surface area contributed by atoms with Gasteiger partial charge in [0.25, 0.3) is 0 Å². The van der Waals surface area contributed by atoms with Crippen LogP contribution >= 0.6 is 0 Å². The van der Waals surface area contributed by atoms with E-state index >= 15 is 0 Å². The van der Waals surface area contributed by atoms with E-state index in [1.54, 1.807) is 0 Å². The van der Waals surface area contributed by atoms with Crippen LogP contribution in [0.3, 0.4) is 0 Å². The lowest BCUT2D eigenvalue weighted by Crippen LogP contribution is -2.21. The normalized spacial score (nSPS) is 18.1. The minimum Gasteiger partial charge on any atom is -0.285 e. The second-order valence-electron chi connectivity index (χ2n) is 7.52. The lowest BCUT2D eigenvalue weighted by molar-refractivity contribution is 0.551. The van der Waals surface area contributed by atoms with Crippen molar-refractivity contribution >= 4 is 13.8 Å². The van der Waals surface area contributed by atoms with Crippen LogP contribution in [0.5, 0.6) is 0 Å². The quantitative estimate of drug-likeness (QED) is 0.406. The first-order valence-corrected chi connectivity index (χ1v) is 12.2. The summed E-state index contributed by atoms with van der Waals surface area (Å²) < 4.78 is 0. The molecule has 0 radical (unpaired) electrons. The molecule has 0 saturated carbocycles. The maximum atomic E-state index is 4.99. The number of benzene rings is 2. The Labute approximate surface area is 140 Å². The van der Waals surface area contributed by atoms with Crippen molar-refractivity contribution in [3.05, 3.63) is 71.8 Å². The largest absolute Gasteiger partial charge is 0.285 e. The van der Waals surface area contributed by atoms with Crippen molar-refractivity contribution in [1.29, 1.82) is 0 Å². The van der Waals surface area contributed by atoms with Crippen molar-refractivity contribution in [1.82, 2.24) is 5.01 Å². The molecule has 0 aromatic heterocycles. The van der Waals surface area contributed by atoms with Crippen LogP contribution in [0, 0.1) is 0 Å². The third kappa shape index (κ3) is 4.55. The van der Waals surface area contributed by atoms with Crippen LogP contribution in [0.15, 0.2) is 65.8 Å². The van der Waals surface area contributed by atoms with Crippen molar-refractivity contribution in [3.8, 4) is 0 Å². The molecule has 1 aliphatic heterocycles. The van der Waals surface area contributed by atoms with Gasteiger partial charge in [0.1, 0.15) is 0 Å². The highest BCUT2D eigenvalue weighted by molar-refractivity contribution is 6.76. The molecule has 1 fully saturated rings. The van der Waals surface area contributed by atoms with Crippen LogP contribution in [0.2, 0.25) is 25.7 Å². The van der Waals surface area contributed by atoms with Gasteiger partial charge in [-0.2, -0.15) is 5.10 Å². The molecule has 0 aliphatic carbocycles. The molecule has 2 aromatic carbocycles. The van der Waals surface area contributed by atoms with E-state index in [0.29, 0.717) is 6.04 Å². The van der Waals surface area contributed by atoms with Gasteiger partial charge in [0, 0.05) is 8.07 Å². The molecule has 2 nitrogen and oxygen atoms in total. The van der Waals surface area contributed by atoms with E-state index < -0.39 is 8.07 Å². The van der Waals surface area contributed by atoms with Gasteiger partial charge in [0.05, 0.1) is 18.3 Å². The van der Waals surface area contributed by atoms with Crippen molar-refractivity contribution in [3.63, 3.8) is 0 Å². The van der Waals surface area contributed by atoms with Gasteiger partial charge in [-0.25, -0.2) is 0 Å². The Kier molecular flexibility index (Phi) is 4.67. The fraction of sp³-hybridized carbons (Fsp3) is 0.350. The Bertz CT molecular complexity index is 659. The molecule has 1 heterocycles. The molecule has 1 unspecified atom stereocenters. The van der Waals surface area contributed by atoms with Crippen LogP contribution in [0.4, 0.5) is 0 Å². The Morgan fingerprint density at radius 1 is 1.00 bits per heavy atom. The number of hydrogen-bond donors (Lipinski definition) is 0. The first-order chi connectivity index (χ1) is 11.0. The zero-order valence-electron chi connectivity index (χ0n) is 14.4. The maximum absolute atomic E-state index is 4.99. The molecule has 2 aromatic rings. The third-order valence-corrected chi connectivity index (χ3v) is 5.99. The molecular formula is C20H26N2Si. The van der Waals surface area contributed by atoms with Crippen LogP contribution in [-0.4, -0.2) is 25.3 Å². The highest BCUT2D eigenvalue weighted by Crippen LogP contribution is 2.35. The van der Waals surface area contributed by atoms with E-state index in [0.717, 1.165) is 13.0 Å². The number of nitrogens with zero attached hydrogens (tertiary/aromatic N) is 2. The Morgan fingerprint density at radius 3 is 2.22 bits per heavy atom. The highest BCUT2D eigenvalue weighted by Gasteiger charge is 2.35. The monoisotopic (exact) mass is 322 g/mol. The molecule has 1 saturated heterocycles. The number of hydrazone groups is 1. The fourth-order valence-electron chi connectivity index (χ4n) is 2.72. The van der Waals surface area contributed by atoms with Gasteiger partial charge in [-0.05, 0) is 17.5 Å². The zero-order chi connectivity index (χ0) is 16.3. The molecule has 3 rings (SSSR count). The highest BCUT2D eigenvalue weighted by atomic mass is 28.3. The predicted molar refractivity (Wildman–Crippen MR) is 102 cm³/mol. The summed E-state index contributed by atoms with van der Waals surface area (Å²) in [6.45, 7) is 8.33. The summed E-state index contributed by atoms with van der Waals surface area (Å²) in [4.78, 5) is 0. The molecule has 1 atom stereocenters. The summed E-state index contributed by atoms with van der Waals surface area (Å²) in [5.74, 6) is 0. The summed E-state index contributed by atoms with van der Waals surface area (Å²) in [6.07, 6.45) is 1.08. The standard InChI is InChI=1S/C20H26N2Si/c1-23(2,3)15-14-19(17-10-6-4-7-11-17)21-22-16-20(22)18-12-8-5-9-13-18/h4-13,20H,14-16H2,1-3H3. The van der Waals surface area contributed by atoms with E-state index in [2.05, 4.69) is 85.3 Å². The first kappa shape index (κ1) is 16.0. The van der Waals surface area contributed by atoms with Gasteiger partial charge in [-0.1, -0.05) is 86.3 Å². The lowest BCUT2D eigenvalue weighted by atomic mass is 10.1. The number of hydrogen-bond acceptors (Lipinski definition) is 2. The van der Waals surface area contributed by atoms with Gasteiger partial charge in [-0.15, -0.1) is 0 Å². The zero-order valence-corrected chi connectivity index (χ0v) is 15.4. The van der Waals surface area contributed by atoms with Crippen LogP contribution in [-0.2, 0) is 0 Å². The van der Waals surface area contributed by atoms with E-state index in [1.807, 2.05) is 0 Å². The van der Waals surface area contributed by atoms with Crippen LogP contribution in [0.25, 0.3) is 0 Å². The SMILES string of the molecule is C[Si](C)(C)CCC(=NN1CC1c1ccccc1)c1ccccc1. The second-order valence-corrected chi connectivity index (χ2v) is 13.1. The van der Waals surface area contributed by atoms with Gasteiger partial charge < -0.3 is 0 Å². The molecule has 0 spiro atoms. The van der Waals surface area contributed by atoms with Crippen molar-refractivity contribution in [2.75, 3.05) is 6.54 Å². The Hall–Kier alpha value is -1.87. The van der Waals surface area contributed by atoms with E-state index in [9.17, 15) is 0 Å². The summed E-state index contributed by atoms with van der Waals surface area (Å²) in [6, 6.07) is 23.1. The van der Waals surface area contributed by atoms with Gasteiger partial charge in [0.15, 0.2) is 0 Å². The Balaban J connectivity index is 1.76.